The van der Waals surface area contributed by atoms with Crippen LogP contribution >= 0.6 is 0 Å². The number of anilines is 1. The lowest BCUT2D eigenvalue weighted by molar-refractivity contribution is 0.0951. The van der Waals surface area contributed by atoms with Crippen molar-refractivity contribution in [2.24, 2.45) is 0 Å². The first-order chi connectivity index (χ1) is 14.3. The molecule has 8 heteroatoms. The molecule has 0 radical (unpaired) electrons. The zero-order valence-electron chi connectivity index (χ0n) is 17.6. The number of carbonyl (C=O) groups is 1. The van der Waals surface area contributed by atoms with Crippen molar-refractivity contribution in [1.29, 1.82) is 0 Å². The fraction of sp³-hybridized carbons (Fsp3) is 0.409. The maximum absolute atomic E-state index is 12.6. The Hall–Kier alpha value is -2.74. The summed E-state index contributed by atoms with van der Waals surface area (Å²) in [4.78, 5) is 12.6. The number of amides is 1. The van der Waals surface area contributed by atoms with Crippen LogP contribution in [0.25, 0.3) is 0 Å². The molecule has 0 atom stereocenters. The lowest BCUT2D eigenvalue weighted by atomic mass is 10.1. The standard InChI is InChI=1S/C22H28N2O5S/c1-4-5-12-29-20-9-6-16(13-21(20)28-2)15-23-22(25)18-7-8-19-17(14-18)10-11-24(19)30(3,26)27/h6-9,13-14H,4-5,10-12,15H2,1-3H3,(H,23,25). The Balaban J connectivity index is 1.65. The summed E-state index contributed by atoms with van der Waals surface area (Å²) in [5.41, 5.74) is 2.92. The topological polar surface area (TPSA) is 84.9 Å². The van der Waals surface area contributed by atoms with Gasteiger partial charge in [0.1, 0.15) is 0 Å². The van der Waals surface area contributed by atoms with Gasteiger partial charge in [-0.3, -0.25) is 9.10 Å². The third kappa shape index (κ3) is 5.05. The van der Waals surface area contributed by atoms with E-state index in [0.29, 0.717) is 48.9 Å². The van der Waals surface area contributed by atoms with Crippen molar-refractivity contribution >= 4 is 21.6 Å². The third-order valence-electron chi connectivity index (χ3n) is 5.03. The van der Waals surface area contributed by atoms with E-state index in [0.717, 1.165) is 24.0 Å². The SMILES string of the molecule is CCCCOc1ccc(CNC(=O)c2ccc3c(c2)CCN3S(C)(=O)=O)cc1OC. The first kappa shape index (κ1) is 22.0. The average Bonchev–Trinajstić information content (AvgIpc) is 3.16. The summed E-state index contributed by atoms with van der Waals surface area (Å²) in [5, 5.41) is 2.90. The lowest BCUT2D eigenvalue weighted by Crippen LogP contribution is -2.27. The van der Waals surface area contributed by atoms with Crippen LogP contribution in [0.2, 0.25) is 0 Å². The molecular formula is C22H28N2O5S. The Bertz CT molecular complexity index is 1020. The summed E-state index contributed by atoms with van der Waals surface area (Å²) in [6.07, 6.45) is 3.82. The van der Waals surface area contributed by atoms with Crippen LogP contribution in [-0.2, 0) is 23.0 Å². The van der Waals surface area contributed by atoms with Crippen LogP contribution in [0, 0.1) is 0 Å². The number of methoxy groups -OCH3 is 1. The van der Waals surface area contributed by atoms with Gasteiger partial charge in [-0.25, -0.2) is 8.42 Å². The van der Waals surface area contributed by atoms with Crippen molar-refractivity contribution in [1.82, 2.24) is 5.32 Å². The molecule has 0 aromatic heterocycles. The van der Waals surface area contributed by atoms with Crippen molar-refractivity contribution in [2.75, 3.05) is 30.8 Å². The average molecular weight is 433 g/mol. The zero-order chi connectivity index (χ0) is 21.7. The van der Waals surface area contributed by atoms with Gasteiger partial charge in [-0.1, -0.05) is 19.4 Å². The number of ether oxygens (including phenoxy) is 2. The molecule has 1 N–H and O–H groups in total. The van der Waals surface area contributed by atoms with Gasteiger partial charge in [0.2, 0.25) is 10.0 Å². The number of rotatable bonds is 9. The zero-order valence-corrected chi connectivity index (χ0v) is 18.4. The van der Waals surface area contributed by atoms with Gasteiger partial charge in [-0.05, 0) is 54.3 Å². The molecule has 0 unspecified atom stereocenters. The van der Waals surface area contributed by atoms with E-state index in [4.69, 9.17) is 9.47 Å². The van der Waals surface area contributed by atoms with E-state index in [1.807, 2.05) is 18.2 Å². The van der Waals surface area contributed by atoms with Crippen LogP contribution in [0.3, 0.4) is 0 Å². The number of nitrogens with zero attached hydrogens (tertiary/aromatic N) is 1. The monoisotopic (exact) mass is 432 g/mol. The molecule has 2 aromatic carbocycles. The van der Waals surface area contributed by atoms with Crippen LogP contribution in [0.1, 0.15) is 41.3 Å². The number of fused-ring (bicyclic) bond motifs is 1. The first-order valence-electron chi connectivity index (χ1n) is 10.0. The van der Waals surface area contributed by atoms with Gasteiger partial charge in [0, 0.05) is 18.7 Å². The molecule has 1 heterocycles. The number of hydrogen-bond acceptors (Lipinski definition) is 5. The van der Waals surface area contributed by atoms with Crippen LogP contribution < -0.4 is 19.1 Å². The third-order valence-corrected chi connectivity index (χ3v) is 6.21. The van der Waals surface area contributed by atoms with Gasteiger partial charge >= 0.3 is 0 Å². The maximum atomic E-state index is 12.6. The van der Waals surface area contributed by atoms with E-state index in [2.05, 4.69) is 12.2 Å². The number of hydrogen-bond donors (Lipinski definition) is 1. The molecule has 0 saturated heterocycles. The van der Waals surface area contributed by atoms with Gasteiger partial charge in [0.25, 0.3) is 5.91 Å². The molecule has 0 bridgehead atoms. The van der Waals surface area contributed by atoms with E-state index in [1.54, 1.807) is 25.3 Å². The van der Waals surface area contributed by atoms with Gasteiger partial charge in [-0.15, -0.1) is 0 Å². The molecule has 30 heavy (non-hydrogen) atoms. The normalized spacial score (nSPS) is 13.1. The predicted molar refractivity (Wildman–Crippen MR) is 117 cm³/mol. The van der Waals surface area contributed by atoms with E-state index >= 15 is 0 Å². The molecule has 0 saturated carbocycles. The second-order valence-electron chi connectivity index (χ2n) is 7.30. The molecule has 2 aromatic rings. The van der Waals surface area contributed by atoms with Crippen molar-refractivity contribution in [3.05, 3.63) is 53.1 Å². The Morgan fingerprint density at radius 3 is 2.67 bits per heavy atom. The molecule has 1 amide bonds. The Morgan fingerprint density at radius 1 is 1.17 bits per heavy atom. The van der Waals surface area contributed by atoms with E-state index in [9.17, 15) is 13.2 Å². The largest absolute Gasteiger partial charge is 0.493 e. The van der Waals surface area contributed by atoms with E-state index < -0.39 is 10.0 Å². The quantitative estimate of drug-likeness (QED) is 0.616. The molecule has 0 aliphatic carbocycles. The maximum Gasteiger partial charge on any atom is 0.251 e. The molecule has 1 aliphatic heterocycles. The fourth-order valence-electron chi connectivity index (χ4n) is 3.41. The van der Waals surface area contributed by atoms with Gasteiger partial charge in [-0.2, -0.15) is 0 Å². The predicted octanol–water partition coefficient (Wildman–Crippen LogP) is 3.13. The highest BCUT2D eigenvalue weighted by atomic mass is 32.2. The van der Waals surface area contributed by atoms with Crippen LogP contribution in [-0.4, -0.2) is 40.8 Å². The summed E-state index contributed by atoms with van der Waals surface area (Å²) in [7, 11) is -1.71. The summed E-state index contributed by atoms with van der Waals surface area (Å²) in [5.74, 6) is 1.11. The Morgan fingerprint density at radius 2 is 1.97 bits per heavy atom. The van der Waals surface area contributed by atoms with Gasteiger partial charge in [0.15, 0.2) is 11.5 Å². The van der Waals surface area contributed by atoms with E-state index in [-0.39, 0.29) is 5.91 Å². The molecule has 162 valence electrons. The molecule has 1 aliphatic rings. The fourth-order valence-corrected chi connectivity index (χ4v) is 4.37. The highest BCUT2D eigenvalue weighted by Crippen LogP contribution is 2.31. The minimum absolute atomic E-state index is 0.210. The molecular weight excluding hydrogens is 404 g/mol. The summed E-state index contributed by atoms with van der Waals surface area (Å²) < 4.78 is 36.2. The second-order valence-corrected chi connectivity index (χ2v) is 9.21. The number of carbonyl (C=O) groups excluding carboxylic acids is 1. The Kier molecular flexibility index (Phi) is 6.87. The van der Waals surface area contributed by atoms with Crippen molar-refractivity contribution in [3.8, 4) is 11.5 Å². The van der Waals surface area contributed by atoms with Gasteiger partial charge < -0.3 is 14.8 Å². The van der Waals surface area contributed by atoms with Crippen LogP contribution in [0.5, 0.6) is 11.5 Å². The minimum Gasteiger partial charge on any atom is -0.493 e. The molecule has 0 fully saturated rings. The lowest BCUT2D eigenvalue weighted by Gasteiger charge is -2.16. The molecule has 3 rings (SSSR count). The summed E-state index contributed by atoms with van der Waals surface area (Å²) in [6.45, 7) is 3.50. The second kappa shape index (κ2) is 9.38. The molecule has 7 nitrogen and oxygen atoms in total. The van der Waals surface area contributed by atoms with Crippen molar-refractivity contribution in [2.45, 2.75) is 32.7 Å². The number of sulfonamides is 1. The first-order valence-corrected chi connectivity index (χ1v) is 11.9. The van der Waals surface area contributed by atoms with Crippen LogP contribution in [0.15, 0.2) is 36.4 Å². The molecule has 0 spiro atoms. The number of nitrogens with one attached hydrogen (secondary N) is 1. The van der Waals surface area contributed by atoms with Crippen molar-refractivity contribution in [3.63, 3.8) is 0 Å². The van der Waals surface area contributed by atoms with Gasteiger partial charge in [0.05, 0.1) is 25.7 Å². The number of unbranched alkanes of at least 4 members (excludes halogenated alkanes) is 1. The summed E-state index contributed by atoms with van der Waals surface area (Å²) in [6, 6.07) is 10.7. The minimum atomic E-state index is -3.30. The highest BCUT2D eigenvalue weighted by molar-refractivity contribution is 7.92. The van der Waals surface area contributed by atoms with E-state index in [1.165, 1.54) is 10.6 Å². The highest BCUT2D eigenvalue weighted by Gasteiger charge is 2.26. The Labute approximate surface area is 178 Å². The van der Waals surface area contributed by atoms with Crippen LogP contribution in [0.4, 0.5) is 5.69 Å². The smallest absolute Gasteiger partial charge is 0.251 e. The van der Waals surface area contributed by atoms with Crippen molar-refractivity contribution < 1.29 is 22.7 Å². The summed E-state index contributed by atoms with van der Waals surface area (Å²) >= 11 is 0. The number of benzene rings is 2.